The summed E-state index contributed by atoms with van der Waals surface area (Å²) in [7, 11) is 0. The highest BCUT2D eigenvalue weighted by molar-refractivity contribution is 7.98. The molecule has 1 fully saturated rings. The molecule has 1 aromatic carbocycles. The summed E-state index contributed by atoms with van der Waals surface area (Å²) in [5.41, 5.74) is -0.340. The lowest BCUT2D eigenvalue weighted by molar-refractivity contribution is -0.160. The van der Waals surface area contributed by atoms with E-state index in [0.29, 0.717) is 18.6 Å². The molecule has 1 heterocycles. The Hall–Kier alpha value is -2.64. The Kier molecular flexibility index (Phi) is 7.18. The molecule has 0 saturated heterocycles. The minimum atomic E-state index is -4.71. The molecule has 1 aliphatic carbocycles. The summed E-state index contributed by atoms with van der Waals surface area (Å²) in [6, 6.07) is 6.15. The van der Waals surface area contributed by atoms with Gasteiger partial charge in [0.05, 0.1) is 12.1 Å². The molecule has 164 valence electrons. The Morgan fingerprint density at radius 1 is 1.26 bits per heavy atom. The van der Waals surface area contributed by atoms with Gasteiger partial charge in [0.25, 0.3) is 0 Å². The van der Waals surface area contributed by atoms with Crippen LogP contribution in [0.25, 0.3) is 0 Å². The van der Waals surface area contributed by atoms with E-state index in [1.165, 1.54) is 11.8 Å². The first-order valence-electron chi connectivity index (χ1n) is 9.51. The minimum Gasteiger partial charge on any atom is -0.336 e. The van der Waals surface area contributed by atoms with Crippen LogP contribution in [-0.2, 0) is 10.5 Å². The minimum absolute atomic E-state index is 0.0377. The Balaban J connectivity index is 1.76. The number of carbonyl (C=O) groups is 1. The molecular formula is C21H20F4N4OS. The maximum absolute atomic E-state index is 13.8. The van der Waals surface area contributed by atoms with E-state index < -0.39 is 35.5 Å². The first kappa shape index (κ1) is 23.0. The van der Waals surface area contributed by atoms with Crippen molar-refractivity contribution in [2.45, 2.75) is 42.4 Å². The first-order chi connectivity index (χ1) is 14.7. The standard InChI is InChI=1S/C21H20F4N4OS/c22-16-5-3-15(4-6-16)18(21(23,24)25)28-17(19(30)29-20(13-26)7-8-20)12-31-11-14-2-1-9-27-10-14/h1-6,9-10,17-18,28H,7-8,11-12H2,(H,29,30)/t17-,18-/m0/s1. The third-order valence-electron chi connectivity index (χ3n) is 4.82. The summed E-state index contributed by atoms with van der Waals surface area (Å²) in [6.07, 6.45) is -0.533. The van der Waals surface area contributed by atoms with Gasteiger partial charge in [-0.2, -0.15) is 30.2 Å². The largest absolute Gasteiger partial charge is 0.407 e. The van der Waals surface area contributed by atoms with Gasteiger partial charge in [0, 0.05) is 23.9 Å². The average molecular weight is 452 g/mol. The molecule has 1 saturated carbocycles. The van der Waals surface area contributed by atoms with Crippen LogP contribution in [0.1, 0.15) is 30.0 Å². The fourth-order valence-electron chi connectivity index (χ4n) is 2.93. The Labute approximate surface area is 181 Å². The molecule has 0 bridgehead atoms. The summed E-state index contributed by atoms with van der Waals surface area (Å²) >= 11 is 1.27. The van der Waals surface area contributed by atoms with E-state index >= 15 is 0 Å². The zero-order valence-electron chi connectivity index (χ0n) is 16.3. The average Bonchev–Trinajstić information content (AvgIpc) is 3.51. The van der Waals surface area contributed by atoms with Crippen LogP contribution in [0.2, 0.25) is 0 Å². The number of nitriles is 1. The Bertz CT molecular complexity index is 927. The fraction of sp³-hybridized carbons (Fsp3) is 0.381. The fourth-order valence-corrected chi connectivity index (χ4v) is 3.93. The van der Waals surface area contributed by atoms with E-state index in [1.54, 1.807) is 18.5 Å². The van der Waals surface area contributed by atoms with Crippen molar-refractivity contribution in [1.82, 2.24) is 15.6 Å². The molecule has 0 spiro atoms. The lowest BCUT2D eigenvalue weighted by atomic mass is 10.0. The molecule has 2 aromatic rings. The van der Waals surface area contributed by atoms with Gasteiger partial charge in [0.1, 0.15) is 17.4 Å². The second kappa shape index (κ2) is 9.66. The van der Waals surface area contributed by atoms with Crippen molar-refractivity contribution in [2.75, 3.05) is 5.75 Å². The van der Waals surface area contributed by atoms with Crippen molar-refractivity contribution in [1.29, 1.82) is 5.26 Å². The van der Waals surface area contributed by atoms with Gasteiger partial charge in [-0.15, -0.1) is 0 Å². The summed E-state index contributed by atoms with van der Waals surface area (Å²) in [5.74, 6) is -0.837. The molecule has 3 rings (SSSR count). The van der Waals surface area contributed by atoms with Gasteiger partial charge in [0.15, 0.2) is 0 Å². The normalized spacial score (nSPS) is 16.7. The van der Waals surface area contributed by atoms with Crippen molar-refractivity contribution in [2.24, 2.45) is 0 Å². The Morgan fingerprint density at radius 2 is 1.97 bits per heavy atom. The van der Waals surface area contributed by atoms with Gasteiger partial charge in [-0.1, -0.05) is 18.2 Å². The lowest BCUT2D eigenvalue weighted by Crippen LogP contribution is -2.52. The molecule has 2 atom stereocenters. The van der Waals surface area contributed by atoms with Gasteiger partial charge >= 0.3 is 6.18 Å². The molecule has 0 radical (unpaired) electrons. The maximum atomic E-state index is 13.8. The molecule has 1 aromatic heterocycles. The van der Waals surface area contributed by atoms with Crippen LogP contribution in [0.5, 0.6) is 0 Å². The molecule has 0 aliphatic heterocycles. The number of hydrogen-bond donors (Lipinski definition) is 2. The SMILES string of the molecule is N#CC1(NC(=O)[C@H](CSCc2cccnc2)N[C@@H](c2ccc(F)cc2)C(F)(F)F)CC1. The van der Waals surface area contributed by atoms with Crippen molar-refractivity contribution < 1.29 is 22.4 Å². The summed E-state index contributed by atoms with van der Waals surface area (Å²) in [4.78, 5) is 16.8. The third kappa shape index (κ3) is 6.42. The predicted octanol–water partition coefficient (Wildman–Crippen LogP) is 3.89. The van der Waals surface area contributed by atoms with E-state index in [-0.39, 0.29) is 11.3 Å². The number of aromatic nitrogens is 1. The van der Waals surface area contributed by atoms with Crippen molar-refractivity contribution in [3.05, 3.63) is 65.7 Å². The molecule has 10 heteroatoms. The van der Waals surface area contributed by atoms with Crippen molar-refractivity contribution in [3.8, 4) is 6.07 Å². The smallest absolute Gasteiger partial charge is 0.336 e. The zero-order valence-corrected chi connectivity index (χ0v) is 17.1. The predicted molar refractivity (Wildman–Crippen MR) is 108 cm³/mol. The molecule has 0 unspecified atom stereocenters. The molecule has 31 heavy (non-hydrogen) atoms. The highest BCUT2D eigenvalue weighted by atomic mass is 32.2. The molecular weight excluding hydrogens is 432 g/mol. The number of benzene rings is 1. The first-order valence-corrected chi connectivity index (χ1v) is 10.7. The number of halogens is 4. The van der Waals surface area contributed by atoms with E-state index in [9.17, 15) is 27.6 Å². The van der Waals surface area contributed by atoms with Crippen molar-refractivity contribution in [3.63, 3.8) is 0 Å². The third-order valence-corrected chi connectivity index (χ3v) is 5.92. The van der Waals surface area contributed by atoms with E-state index in [2.05, 4.69) is 15.6 Å². The zero-order chi connectivity index (χ0) is 22.5. The molecule has 1 amide bonds. The second-order valence-electron chi connectivity index (χ2n) is 7.30. The van der Waals surface area contributed by atoms with Gasteiger partial charge in [-0.3, -0.25) is 15.1 Å². The summed E-state index contributed by atoms with van der Waals surface area (Å²) in [6.45, 7) is 0. The molecule has 2 N–H and O–H groups in total. The van der Waals surface area contributed by atoms with Crippen LogP contribution in [-0.4, -0.2) is 34.4 Å². The topological polar surface area (TPSA) is 77.8 Å². The number of amides is 1. The highest BCUT2D eigenvalue weighted by Gasteiger charge is 2.47. The number of hydrogen-bond acceptors (Lipinski definition) is 5. The summed E-state index contributed by atoms with van der Waals surface area (Å²) in [5, 5.41) is 14.2. The molecule has 5 nitrogen and oxygen atoms in total. The van der Waals surface area contributed by atoms with Gasteiger partial charge in [0.2, 0.25) is 5.91 Å². The van der Waals surface area contributed by atoms with Gasteiger partial charge in [-0.25, -0.2) is 4.39 Å². The highest BCUT2D eigenvalue weighted by Crippen LogP contribution is 2.36. The quantitative estimate of drug-likeness (QED) is 0.565. The number of rotatable bonds is 9. The van der Waals surface area contributed by atoms with Crippen LogP contribution in [0.4, 0.5) is 17.6 Å². The number of nitrogens with one attached hydrogen (secondary N) is 2. The van der Waals surface area contributed by atoms with Crippen LogP contribution < -0.4 is 10.6 Å². The monoisotopic (exact) mass is 452 g/mol. The number of alkyl halides is 3. The lowest BCUT2D eigenvalue weighted by Gasteiger charge is -2.28. The van der Waals surface area contributed by atoms with E-state index in [1.807, 2.05) is 12.1 Å². The maximum Gasteiger partial charge on any atom is 0.407 e. The van der Waals surface area contributed by atoms with Crippen LogP contribution >= 0.6 is 11.8 Å². The van der Waals surface area contributed by atoms with Gasteiger partial charge in [-0.05, 0) is 42.2 Å². The van der Waals surface area contributed by atoms with Crippen LogP contribution in [0.3, 0.4) is 0 Å². The summed E-state index contributed by atoms with van der Waals surface area (Å²) < 4.78 is 54.5. The number of pyridine rings is 1. The van der Waals surface area contributed by atoms with Crippen LogP contribution in [0.15, 0.2) is 48.8 Å². The Morgan fingerprint density at radius 3 is 2.52 bits per heavy atom. The number of nitrogens with zero attached hydrogens (tertiary/aromatic N) is 2. The van der Waals surface area contributed by atoms with E-state index in [0.717, 1.165) is 29.8 Å². The van der Waals surface area contributed by atoms with Gasteiger partial charge < -0.3 is 5.32 Å². The van der Waals surface area contributed by atoms with Crippen molar-refractivity contribution >= 4 is 17.7 Å². The van der Waals surface area contributed by atoms with E-state index in [4.69, 9.17) is 0 Å². The number of carbonyl (C=O) groups excluding carboxylic acids is 1. The second-order valence-corrected chi connectivity index (χ2v) is 8.34. The van der Waals surface area contributed by atoms with Crippen LogP contribution in [0, 0.1) is 17.1 Å². The number of thioether (sulfide) groups is 1. The molecule has 1 aliphatic rings.